The maximum Gasteiger partial charge on any atom is 0.291 e. The van der Waals surface area contributed by atoms with Gasteiger partial charge in [0.05, 0.1) is 0 Å². The normalized spacial score (nSPS) is 22.2. The lowest BCUT2D eigenvalue weighted by Crippen LogP contribution is -1.46. The predicted octanol–water partition coefficient (Wildman–Crippen LogP) is 0.370. The van der Waals surface area contributed by atoms with Crippen LogP contribution in [0.5, 0.6) is 0 Å². The third-order valence-corrected chi connectivity index (χ3v) is 0.575. The molecule has 21 valence electrons. The van der Waals surface area contributed by atoms with Crippen LogP contribution in [0.4, 0.5) is 0 Å². The molecule has 0 N–H and O–H groups in total. The summed E-state index contributed by atoms with van der Waals surface area (Å²) in [5, 5.41) is 1.00. The van der Waals surface area contributed by atoms with Gasteiger partial charge >= 0.3 is 0 Å². The number of rotatable bonds is 0. The standard InChI is InChI=1S/C3H3Cl/c4-3-1-2-3/h1-2,4H/q+1. The summed E-state index contributed by atoms with van der Waals surface area (Å²) in [6, 6.07) is 0. The van der Waals surface area contributed by atoms with Crippen LogP contribution in [0.1, 0.15) is 0 Å². The van der Waals surface area contributed by atoms with Crippen LogP contribution in [0.3, 0.4) is 0 Å². The first kappa shape index (κ1) is 2.28. The molecule has 0 spiro atoms. The van der Waals surface area contributed by atoms with Crippen molar-refractivity contribution < 1.29 is 11.6 Å². The highest BCUT2D eigenvalue weighted by molar-refractivity contribution is 5.29. The number of allylic oxidation sites excluding steroid dienone is 2. The van der Waals surface area contributed by atoms with E-state index >= 15 is 0 Å². The Morgan fingerprint density at radius 1 is 1.50 bits per heavy atom. The molecule has 0 aliphatic heterocycles. The molecule has 0 unspecified atom stereocenters. The Kier molecular flexibility index (Phi) is 0.281. The highest BCUT2D eigenvalue weighted by atomic mass is 35.5. The molecule has 1 aliphatic rings. The molecule has 0 heterocycles. The van der Waals surface area contributed by atoms with E-state index in [0.717, 1.165) is 5.38 Å². The number of hydrogen-bond donors (Lipinski definition) is 0. The van der Waals surface area contributed by atoms with E-state index in [9.17, 15) is 0 Å². The van der Waals surface area contributed by atoms with Crippen molar-refractivity contribution in [2.24, 2.45) is 0 Å². The quantitative estimate of drug-likeness (QED) is 0.389. The Labute approximate surface area is 30.1 Å². The van der Waals surface area contributed by atoms with Crippen molar-refractivity contribution in [3.05, 3.63) is 17.5 Å². The molecule has 0 aromatic rings. The van der Waals surface area contributed by atoms with Crippen molar-refractivity contribution in [2.75, 3.05) is 0 Å². The Balaban J connectivity index is 2.32. The average molecular weight is 74.5 g/mol. The van der Waals surface area contributed by atoms with Crippen molar-refractivity contribution >= 4 is 0 Å². The highest BCUT2D eigenvalue weighted by Crippen LogP contribution is 2.13. The first-order chi connectivity index (χ1) is 1.89. The predicted molar refractivity (Wildman–Crippen MR) is 13.8 cm³/mol. The summed E-state index contributed by atoms with van der Waals surface area (Å²) in [7, 11) is 0. The summed E-state index contributed by atoms with van der Waals surface area (Å²) in [6.45, 7) is 0. The fourth-order valence-corrected chi connectivity index (χ4v) is 0.102. The largest absolute Gasteiger partial charge is 0.291 e. The summed E-state index contributed by atoms with van der Waals surface area (Å²) in [5.74, 6) is 0. The van der Waals surface area contributed by atoms with Crippen molar-refractivity contribution in [3.8, 4) is 0 Å². The minimum atomic E-state index is 1.00. The SMILES string of the molecule is [ClH+][C]1C=C1. The Hall–Kier alpha value is 0.0300. The third kappa shape index (κ3) is 0.235. The second-order valence-corrected chi connectivity index (χ2v) is 1.21. The van der Waals surface area contributed by atoms with Gasteiger partial charge in [-0.3, -0.25) is 0 Å². The van der Waals surface area contributed by atoms with Crippen LogP contribution in [0, 0.1) is 17.0 Å². The molecule has 0 fully saturated rings. The fraction of sp³-hybridized carbons (Fsp3) is 0. The number of hydrogen-bond acceptors (Lipinski definition) is 0. The molecule has 0 aromatic heterocycles. The van der Waals surface area contributed by atoms with Crippen LogP contribution in [0.2, 0.25) is 0 Å². The summed E-state index contributed by atoms with van der Waals surface area (Å²) >= 11 is 4.54. The first-order valence-electron chi connectivity index (χ1n) is 1.11. The van der Waals surface area contributed by atoms with Crippen LogP contribution < -0.4 is 0 Å². The average Bonchev–Trinajstić information content (AvgIpc) is 1.75. The summed E-state index contributed by atoms with van der Waals surface area (Å²) in [6.07, 6.45) is 3.80. The van der Waals surface area contributed by atoms with Crippen molar-refractivity contribution in [1.29, 1.82) is 0 Å². The van der Waals surface area contributed by atoms with E-state index in [4.69, 9.17) is 0 Å². The molecule has 1 heteroatoms. The van der Waals surface area contributed by atoms with Crippen molar-refractivity contribution in [3.63, 3.8) is 0 Å². The molecule has 4 heavy (non-hydrogen) atoms. The van der Waals surface area contributed by atoms with E-state index in [1.165, 1.54) is 0 Å². The van der Waals surface area contributed by atoms with Crippen LogP contribution in [0.15, 0.2) is 12.2 Å². The van der Waals surface area contributed by atoms with Gasteiger partial charge in [0.1, 0.15) is 11.6 Å². The lowest BCUT2D eigenvalue weighted by atomic mass is 10.9. The van der Waals surface area contributed by atoms with Crippen LogP contribution in [-0.2, 0) is 0 Å². The molecule has 0 nitrogen and oxygen atoms in total. The van der Waals surface area contributed by atoms with Gasteiger partial charge in [-0.15, -0.1) is 0 Å². The molecule has 0 aromatic carbocycles. The van der Waals surface area contributed by atoms with E-state index in [0.29, 0.717) is 0 Å². The van der Waals surface area contributed by atoms with Gasteiger partial charge in [-0.25, -0.2) is 0 Å². The van der Waals surface area contributed by atoms with Crippen LogP contribution >= 0.6 is 0 Å². The highest BCUT2D eigenvalue weighted by Gasteiger charge is 2.16. The first-order valence-corrected chi connectivity index (χ1v) is 1.52. The molecule has 0 atom stereocenters. The Morgan fingerprint density at radius 3 is 1.75 bits per heavy atom. The zero-order chi connectivity index (χ0) is 2.99. The molecule has 0 bridgehead atoms. The van der Waals surface area contributed by atoms with E-state index in [1.807, 2.05) is 12.2 Å². The monoisotopic (exact) mass is 74.0 g/mol. The molecule has 1 aliphatic carbocycles. The second kappa shape index (κ2) is 0.494. The number of halogens is 1. The maximum atomic E-state index is 4.54. The molecule has 1 rings (SSSR count). The van der Waals surface area contributed by atoms with Crippen molar-refractivity contribution in [2.45, 2.75) is 0 Å². The Morgan fingerprint density at radius 2 is 1.75 bits per heavy atom. The molecule has 0 saturated heterocycles. The van der Waals surface area contributed by atoms with Gasteiger partial charge in [0.2, 0.25) is 0 Å². The molecule has 0 amide bonds. The smallest absolute Gasteiger partial charge is 0.00533 e. The van der Waals surface area contributed by atoms with Gasteiger partial charge in [-0.2, -0.15) is 0 Å². The molecular weight excluding hydrogens is 71.5 g/mol. The molecular formula is C3H3Cl+. The van der Waals surface area contributed by atoms with E-state index in [1.54, 1.807) is 0 Å². The van der Waals surface area contributed by atoms with E-state index in [-0.39, 0.29) is 0 Å². The maximum absolute atomic E-state index is 4.54. The lowest BCUT2D eigenvalue weighted by molar-refractivity contribution is -0.320. The second-order valence-electron chi connectivity index (χ2n) is 0.736. The van der Waals surface area contributed by atoms with Gasteiger partial charge in [0, 0.05) is 0 Å². The van der Waals surface area contributed by atoms with E-state index < -0.39 is 0 Å². The van der Waals surface area contributed by atoms with Crippen LogP contribution in [-0.4, -0.2) is 0 Å². The summed E-state index contributed by atoms with van der Waals surface area (Å²) in [4.78, 5) is 0. The Bertz CT molecular complexity index is 41.2. The van der Waals surface area contributed by atoms with Gasteiger partial charge < -0.3 is 0 Å². The van der Waals surface area contributed by atoms with E-state index in [2.05, 4.69) is 11.6 Å². The lowest BCUT2D eigenvalue weighted by Gasteiger charge is -1.35. The zero-order valence-electron chi connectivity index (χ0n) is 2.06. The van der Waals surface area contributed by atoms with Gasteiger partial charge in [-0.05, 0) is 12.2 Å². The minimum absolute atomic E-state index is 1.00. The zero-order valence-corrected chi connectivity index (χ0v) is 2.88. The molecule has 0 saturated carbocycles. The third-order valence-electron chi connectivity index (χ3n) is 0.303. The van der Waals surface area contributed by atoms with Gasteiger partial charge in [0.15, 0.2) is 0 Å². The van der Waals surface area contributed by atoms with Crippen LogP contribution in [0.25, 0.3) is 0 Å². The van der Waals surface area contributed by atoms with Gasteiger partial charge in [-0.1, -0.05) is 0 Å². The fourth-order valence-electron chi connectivity index (χ4n) is 0.0340. The summed E-state index contributed by atoms with van der Waals surface area (Å²) < 4.78 is 0. The molecule has 1 radical (unpaired) electrons. The summed E-state index contributed by atoms with van der Waals surface area (Å²) in [5.41, 5.74) is 0. The van der Waals surface area contributed by atoms with Crippen molar-refractivity contribution in [1.82, 2.24) is 0 Å². The topological polar surface area (TPSA) is 0 Å². The minimum Gasteiger partial charge on any atom is -0.00533 e. The van der Waals surface area contributed by atoms with Gasteiger partial charge in [0.25, 0.3) is 5.38 Å².